The van der Waals surface area contributed by atoms with Crippen molar-refractivity contribution in [2.75, 3.05) is 13.1 Å². The van der Waals surface area contributed by atoms with E-state index in [2.05, 4.69) is 4.40 Å². The number of amidine groups is 1. The molecule has 0 aliphatic carbocycles. The lowest BCUT2D eigenvalue weighted by Crippen LogP contribution is -2.31. The molecule has 90 valence electrons. The lowest BCUT2D eigenvalue weighted by molar-refractivity contribution is 0.511. The number of hydrogen-bond acceptors (Lipinski definition) is 4. The molecule has 2 aliphatic rings. The third kappa shape index (κ3) is 1.64. The average molecular weight is 251 g/mol. The molecule has 0 radical (unpaired) electrons. The van der Waals surface area contributed by atoms with Crippen LogP contribution in [0, 0.1) is 0 Å². The Bertz CT molecular complexity index is 594. The van der Waals surface area contributed by atoms with Gasteiger partial charge in [0.25, 0.3) is 10.0 Å². The van der Waals surface area contributed by atoms with E-state index in [-0.39, 0.29) is 6.04 Å². The number of rotatable bonds is 0. The molecule has 3 rings (SSSR count). The van der Waals surface area contributed by atoms with Crippen molar-refractivity contribution in [3.63, 3.8) is 0 Å². The molecule has 1 fully saturated rings. The maximum absolute atomic E-state index is 11.9. The minimum atomic E-state index is -3.50. The molecular formula is C11H13N3O2S. The van der Waals surface area contributed by atoms with Crippen molar-refractivity contribution in [1.29, 1.82) is 0 Å². The number of nitrogens with two attached hydrogens (primary N) is 1. The van der Waals surface area contributed by atoms with Crippen molar-refractivity contribution in [2.24, 2.45) is 10.1 Å². The van der Waals surface area contributed by atoms with Crippen LogP contribution in [-0.2, 0) is 10.0 Å². The Hall–Kier alpha value is -1.40. The Balaban J connectivity index is 2.08. The third-order valence-corrected chi connectivity index (χ3v) is 4.46. The fourth-order valence-corrected chi connectivity index (χ4v) is 3.52. The van der Waals surface area contributed by atoms with E-state index in [1.807, 2.05) is 11.0 Å². The minimum Gasteiger partial charge on any atom is -0.354 e. The predicted molar refractivity (Wildman–Crippen MR) is 64.3 cm³/mol. The van der Waals surface area contributed by atoms with Crippen LogP contribution in [0.1, 0.15) is 12.0 Å². The van der Waals surface area contributed by atoms with Crippen molar-refractivity contribution in [3.8, 4) is 0 Å². The van der Waals surface area contributed by atoms with Crippen LogP contribution in [0.4, 0.5) is 0 Å². The highest BCUT2D eigenvalue weighted by Gasteiger charge is 2.33. The topological polar surface area (TPSA) is 75.8 Å². The van der Waals surface area contributed by atoms with Crippen LogP contribution in [0.15, 0.2) is 33.6 Å². The summed E-state index contributed by atoms with van der Waals surface area (Å²) in [5, 5.41) is 0. The molecule has 6 heteroatoms. The molecule has 0 spiro atoms. The summed E-state index contributed by atoms with van der Waals surface area (Å²) in [5.41, 5.74) is 6.53. The summed E-state index contributed by atoms with van der Waals surface area (Å²) in [6.45, 7) is 1.44. The molecule has 1 aromatic rings. The van der Waals surface area contributed by atoms with Gasteiger partial charge in [0.05, 0.1) is 0 Å². The number of sulfonamides is 1. The van der Waals surface area contributed by atoms with Gasteiger partial charge in [-0.15, -0.1) is 4.40 Å². The Kier molecular flexibility index (Phi) is 2.24. The van der Waals surface area contributed by atoms with Gasteiger partial charge in [0.2, 0.25) is 0 Å². The zero-order chi connectivity index (χ0) is 12.0. The highest BCUT2D eigenvalue weighted by atomic mass is 32.2. The van der Waals surface area contributed by atoms with Crippen molar-refractivity contribution in [1.82, 2.24) is 4.90 Å². The first-order chi connectivity index (χ1) is 8.08. The Morgan fingerprint density at radius 3 is 2.82 bits per heavy atom. The summed E-state index contributed by atoms with van der Waals surface area (Å²) in [6, 6.07) is 7.03. The van der Waals surface area contributed by atoms with Crippen molar-refractivity contribution in [2.45, 2.75) is 17.4 Å². The molecule has 0 bridgehead atoms. The highest BCUT2D eigenvalue weighted by molar-refractivity contribution is 7.90. The summed E-state index contributed by atoms with van der Waals surface area (Å²) in [4.78, 5) is 2.25. The fourth-order valence-electron chi connectivity index (χ4n) is 2.30. The number of fused-ring (bicyclic) bond motifs is 1. The Morgan fingerprint density at radius 1 is 1.35 bits per heavy atom. The SMILES string of the molecule is NC1CCN(C2=NS(=O)(=O)c3ccccc32)C1. The van der Waals surface area contributed by atoms with Gasteiger partial charge >= 0.3 is 0 Å². The predicted octanol–water partition coefficient (Wildman–Crippen LogP) is 0.168. The van der Waals surface area contributed by atoms with E-state index >= 15 is 0 Å². The lowest BCUT2D eigenvalue weighted by Gasteiger charge is -2.17. The molecule has 1 atom stereocenters. The van der Waals surface area contributed by atoms with Gasteiger partial charge in [-0.25, -0.2) is 0 Å². The van der Waals surface area contributed by atoms with E-state index in [0.29, 0.717) is 22.8 Å². The highest BCUT2D eigenvalue weighted by Crippen LogP contribution is 2.28. The molecule has 0 aromatic heterocycles. The second-order valence-electron chi connectivity index (χ2n) is 4.38. The Labute approximate surface area is 100 Å². The number of benzene rings is 1. The second-order valence-corrected chi connectivity index (χ2v) is 5.95. The van der Waals surface area contributed by atoms with Gasteiger partial charge in [-0.2, -0.15) is 8.42 Å². The van der Waals surface area contributed by atoms with Crippen LogP contribution in [0.25, 0.3) is 0 Å². The zero-order valence-corrected chi connectivity index (χ0v) is 10.0. The monoisotopic (exact) mass is 251 g/mol. The molecule has 0 saturated carbocycles. The quantitative estimate of drug-likeness (QED) is 0.713. The van der Waals surface area contributed by atoms with Crippen LogP contribution < -0.4 is 5.73 Å². The van der Waals surface area contributed by atoms with Crippen molar-refractivity contribution in [3.05, 3.63) is 29.8 Å². The molecule has 1 aromatic carbocycles. The van der Waals surface area contributed by atoms with E-state index in [4.69, 9.17) is 5.73 Å². The van der Waals surface area contributed by atoms with Gasteiger partial charge in [0.1, 0.15) is 4.90 Å². The second kappa shape index (κ2) is 3.54. The fraction of sp³-hybridized carbons (Fsp3) is 0.364. The van der Waals surface area contributed by atoms with E-state index < -0.39 is 10.0 Å². The molecule has 2 N–H and O–H groups in total. The summed E-state index contributed by atoms with van der Waals surface area (Å²) < 4.78 is 27.6. The van der Waals surface area contributed by atoms with E-state index in [0.717, 1.165) is 13.0 Å². The van der Waals surface area contributed by atoms with Crippen LogP contribution in [0.3, 0.4) is 0 Å². The molecule has 5 nitrogen and oxygen atoms in total. The summed E-state index contributed by atoms with van der Waals surface area (Å²) in [6.07, 6.45) is 0.876. The van der Waals surface area contributed by atoms with E-state index in [1.165, 1.54) is 0 Å². The summed E-state index contributed by atoms with van der Waals surface area (Å²) >= 11 is 0. The van der Waals surface area contributed by atoms with Crippen LogP contribution in [-0.4, -0.2) is 38.3 Å². The van der Waals surface area contributed by atoms with Crippen molar-refractivity contribution < 1.29 is 8.42 Å². The maximum atomic E-state index is 11.9. The standard InChI is InChI=1S/C11H13N3O2S/c12-8-5-6-14(7-8)11-9-3-1-2-4-10(9)17(15,16)13-11/h1-4,8H,5-7,12H2. The first-order valence-corrected chi connectivity index (χ1v) is 6.97. The third-order valence-electron chi connectivity index (χ3n) is 3.14. The van der Waals surface area contributed by atoms with Gasteiger partial charge in [-0.05, 0) is 18.6 Å². The molecule has 2 heterocycles. The molecular weight excluding hydrogens is 238 g/mol. The number of hydrogen-bond donors (Lipinski definition) is 1. The number of nitrogens with zero attached hydrogens (tertiary/aromatic N) is 2. The van der Waals surface area contributed by atoms with Gasteiger partial charge in [0.15, 0.2) is 5.84 Å². The Morgan fingerprint density at radius 2 is 2.12 bits per heavy atom. The molecule has 1 saturated heterocycles. The van der Waals surface area contributed by atoms with Gasteiger partial charge in [-0.3, -0.25) is 0 Å². The maximum Gasteiger partial charge on any atom is 0.285 e. The van der Waals surface area contributed by atoms with Crippen LogP contribution >= 0.6 is 0 Å². The normalized spacial score (nSPS) is 25.8. The van der Waals surface area contributed by atoms with Gasteiger partial charge in [0, 0.05) is 24.7 Å². The molecule has 0 amide bonds. The van der Waals surface area contributed by atoms with Crippen molar-refractivity contribution >= 4 is 15.9 Å². The minimum absolute atomic E-state index is 0.105. The first-order valence-electron chi connectivity index (χ1n) is 5.53. The zero-order valence-electron chi connectivity index (χ0n) is 9.20. The largest absolute Gasteiger partial charge is 0.354 e. The first kappa shape index (κ1) is 10.7. The van der Waals surface area contributed by atoms with Gasteiger partial charge < -0.3 is 10.6 Å². The lowest BCUT2D eigenvalue weighted by atomic mass is 10.2. The smallest absolute Gasteiger partial charge is 0.285 e. The molecule has 2 aliphatic heterocycles. The van der Waals surface area contributed by atoms with E-state index in [9.17, 15) is 8.42 Å². The van der Waals surface area contributed by atoms with Gasteiger partial charge in [-0.1, -0.05) is 12.1 Å². The van der Waals surface area contributed by atoms with Crippen LogP contribution in [0.5, 0.6) is 0 Å². The van der Waals surface area contributed by atoms with Crippen LogP contribution in [0.2, 0.25) is 0 Å². The molecule has 17 heavy (non-hydrogen) atoms. The summed E-state index contributed by atoms with van der Waals surface area (Å²) in [5.74, 6) is 0.550. The molecule has 1 unspecified atom stereocenters. The summed E-state index contributed by atoms with van der Waals surface area (Å²) in [7, 11) is -3.50. The van der Waals surface area contributed by atoms with E-state index in [1.54, 1.807) is 18.2 Å². The average Bonchev–Trinajstić information content (AvgIpc) is 2.82. The number of likely N-dealkylation sites (tertiary alicyclic amines) is 1.